The highest BCUT2D eigenvalue weighted by Gasteiger charge is 2.33. The van der Waals surface area contributed by atoms with Crippen LogP contribution in [0.15, 0.2) is 54.7 Å². The lowest BCUT2D eigenvalue weighted by atomic mass is 10.00. The molecule has 2 aromatic carbocycles. The molecule has 0 saturated carbocycles. The van der Waals surface area contributed by atoms with Crippen LogP contribution in [0.2, 0.25) is 0 Å². The maximum absolute atomic E-state index is 13.3. The van der Waals surface area contributed by atoms with Gasteiger partial charge in [-0.3, -0.25) is 14.4 Å². The number of aliphatic carboxylic acids is 1. The molecule has 0 aliphatic rings. The average Bonchev–Trinajstić information content (AvgIpc) is 3.34. The molecule has 3 rings (SSSR count). The van der Waals surface area contributed by atoms with Crippen LogP contribution in [-0.4, -0.2) is 74.3 Å². The van der Waals surface area contributed by atoms with Crippen molar-refractivity contribution >= 4 is 34.6 Å². The second kappa shape index (κ2) is 14.5. The Bertz CT molecular complexity index is 1390. The van der Waals surface area contributed by atoms with Crippen LogP contribution in [0, 0.1) is 5.92 Å². The Morgan fingerprint density at radius 2 is 1.50 bits per heavy atom. The molecule has 1 aromatic heterocycles. The standard InChI is InChI=1S/C30H39N5O7/c1-16(2)12-24(28(39)34-25(30(41)42)14-19-15-32-23-7-5-4-6-21(19)23)33-29(40)26(17(3)36)35-27(38)22(31)13-18-8-10-20(37)11-9-18/h4-11,15-17,22,24-26,32,36-37H,12-14,31H2,1-3H3,(H,33,40)(H,34,39)(H,35,38)(H,41,42). The van der Waals surface area contributed by atoms with Gasteiger partial charge in [-0.05, 0) is 55.0 Å². The normalized spacial score (nSPS) is 14.9. The number of nitrogens with two attached hydrogens (primary N) is 1. The zero-order valence-corrected chi connectivity index (χ0v) is 23.8. The number of aromatic amines is 1. The number of benzene rings is 2. The number of nitrogens with one attached hydrogen (secondary N) is 4. The predicted molar refractivity (Wildman–Crippen MR) is 156 cm³/mol. The number of hydrogen-bond acceptors (Lipinski definition) is 7. The van der Waals surface area contributed by atoms with E-state index in [0.717, 1.165) is 10.9 Å². The van der Waals surface area contributed by atoms with Crippen molar-refractivity contribution in [1.82, 2.24) is 20.9 Å². The van der Waals surface area contributed by atoms with Gasteiger partial charge in [0.25, 0.3) is 0 Å². The number of amides is 3. The number of H-pyrrole nitrogens is 1. The van der Waals surface area contributed by atoms with Crippen LogP contribution in [0.5, 0.6) is 5.75 Å². The van der Waals surface area contributed by atoms with E-state index in [1.807, 2.05) is 38.1 Å². The number of carboxylic acid groups (broad SMARTS) is 1. The topological polar surface area (TPSA) is 207 Å². The smallest absolute Gasteiger partial charge is 0.326 e. The third kappa shape index (κ3) is 8.79. The summed E-state index contributed by atoms with van der Waals surface area (Å²) in [6.07, 6.45) is 0.677. The number of aliphatic hydroxyl groups excluding tert-OH is 1. The van der Waals surface area contributed by atoms with Crippen LogP contribution in [0.25, 0.3) is 10.9 Å². The van der Waals surface area contributed by atoms with Crippen molar-refractivity contribution in [3.63, 3.8) is 0 Å². The fourth-order valence-corrected chi connectivity index (χ4v) is 4.60. The molecule has 9 N–H and O–H groups in total. The number of carbonyl (C=O) groups is 4. The molecule has 0 radical (unpaired) electrons. The van der Waals surface area contributed by atoms with Gasteiger partial charge in [0.1, 0.15) is 23.9 Å². The van der Waals surface area contributed by atoms with E-state index in [-0.39, 0.29) is 30.9 Å². The van der Waals surface area contributed by atoms with Crippen molar-refractivity contribution in [2.45, 2.75) is 70.3 Å². The molecule has 12 heteroatoms. The van der Waals surface area contributed by atoms with Gasteiger partial charge in [-0.2, -0.15) is 0 Å². The van der Waals surface area contributed by atoms with E-state index in [1.54, 1.807) is 18.3 Å². The second-order valence-corrected chi connectivity index (χ2v) is 10.9. The minimum atomic E-state index is -1.42. The maximum atomic E-state index is 13.3. The van der Waals surface area contributed by atoms with Crippen molar-refractivity contribution in [3.05, 3.63) is 65.9 Å². The van der Waals surface area contributed by atoms with Crippen molar-refractivity contribution in [3.8, 4) is 5.75 Å². The van der Waals surface area contributed by atoms with Crippen LogP contribution >= 0.6 is 0 Å². The van der Waals surface area contributed by atoms with Crippen LogP contribution in [0.1, 0.15) is 38.3 Å². The van der Waals surface area contributed by atoms with Gasteiger partial charge in [-0.15, -0.1) is 0 Å². The molecule has 12 nitrogen and oxygen atoms in total. The van der Waals surface area contributed by atoms with Crippen LogP contribution < -0.4 is 21.7 Å². The molecule has 226 valence electrons. The summed E-state index contributed by atoms with van der Waals surface area (Å²) in [7, 11) is 0. The molecule has 1 heterocycles. The van der Waals surface area contributed by atoms with Gasteiger partial charge in [-0.1, -0.05) is 44.2 Å². The lowest BCUT2D eigenvalue weighted by molar-refractivity contribution is -0.142. The number of aromatic nitrogens is 1. The molecule has 0 bridgehead atoms. The number of carbonyl (C=O) groups excluding carboxylic acids is 3. The molecule has 0 aliphatic heterocycles. The van der Waals surface area contributed by atoms with Gasteiger partial charge in [0.05, 0.1) is 12.1 Å². The largest absolute Gasteiger partial charge is 0.508 e. The Morgan fingerprint density at radius 1 is 0.857 bits per heavy atom. The van der Waals surface area contributed by atoms with E-state index < -0.39 is 54.0 Å². The van der Waals surface area contributed by atoms with Gasteiger partial charge in [0, 0.05) is 23.5 Å². The summed E-state index contributed by atoms with van der Waals surface area (Å²) in [5, 5.41) is 38.0. The first-order chi connectivity index (χ1) is 19.8. The summed E-state index contributed by atoms with van der Waals surface area (Å²) in [4.78, 5) is 54.4. The van der Waals surface area contributed by atoms with Gasteiger partial charge in [0.2, 0.25) is 17.7 Å². The number of rotatable bonds is 14. The fraction of sp³-hybridized carbons (Fsp3) is 0.400. The van der Waals surface area contributed by atoms with Crippen molar-refractivity contribution in [2.24, 2.45) is 11.7 Å². The predicted octanol–water partition coefficient (Wildman–Crippen LogP) is 0.952. The summed E-state index contributed by atoms with van der Waals surface area (Å²) in [6, 6.07) is 8.65. The van der Waals surface area contributed by atoms with Crippen LogP contribution in [-0.2, 0) is 32.0 Å². The molecular weight excluding hydrogens is 542 g/mol. The first kappa shape index (κ1) is 32.1. The second-order valence-electron chi connectivity index (χ2n) is 10.9. The molecular formula is C30H39N5O7. The number of fused-ring (bicyclic) bond motifs is 1. The number of carboxylic acids is 1. The highest BCUT2D eigenvalue weighted by molar-refractivity contribution is 5.94. The Balaban J connectivity index is 1.69. The molecule has 3 aromatic rings. The molecule has 5 atom stereocenters. The monoisotopic (exact) mass is 581 g/mol. The summed E-state index contributed by atoms with van der Waals surface area (Å²) < 4.78 is 0. The molecule has 42 heavy (non-hydrogen) atoms. The van der Waals surface area contributed by atoms with Crippen molar-refractivity contribution in [2.75, 3.05) is 0 Å². The molecule has 5 unspecified atom stereocenters. The number of phenols is 1. The Kier molecular flexibility index (Phi) is 11.1. The first-order valence-corrected chi connectivity index (χ1v) is 13.8. The Labute approximate surface area is 243 Å². The fourth-order valence-electron chi connectivity index (χ4n) is 4.60. The lowest BCUT2D eigenvalue weighted by Gasteiger charge is -2.27. The highest BCUT2D eigenvalue weighted by atomic mass is 16.4. The average molecular weight is 582 g/mol. The minimum Gasteiger partial charge on any atom is -0.508 e. The minimum absolute atomic E-state index is 0.0126. The summed E-state index contributed by atoms with van der Waals surface area (Å²) in [5.41, 5.74) is 8.24. The quantitative estimate of drug-likeness (QED) is 0.137. The third-order valence-corrected chi connectivity index (χ3v) is 6.84. The third-order valence-electron chi connectivity index (χ3n) is 6.84. The molecule has 0 spiro atoms. The maximum Gasteiger partial charge on any atom is 0.326 e. The van der Waals surface area contributed by atoms with E-state index in [2.05, 4.69) is 20.9 Å². The van der Waals surface area contributed by atoms with Gasteiger partial charge in [0.15, 0.2) is 0 Å². The number of para-hydroxylation sites is 1. The van der Waals surface area contributed by atoms with Crippen molar-refractivity contribution in [1.29, 1.82) is 0 Å². The van der Waals surface area contributed by atoms with Gasteiger partial charge < -0.3 is 42.0 Å². The van der Waals surface area contributed by atoms with E-state index in [9.17, 15) is 34.5 Å². The van der Waals surface area contributed by atoms with Crippen molar-refractivity contribution < 1.29 is 34.5 Å². The van der Waals surface area contributed by atoms with Crippen LogP contribution in [0.4, 0.5) is 0 Å². The van der Waals surface area contributed by atoms with E-state index in [1.165, 1.54) is 19.1 Å². The number of aromatic hydroxyl groups is 1. The van der Waals surface area contributed by atoms with E-state index in [4.69, 9.17) is 5.73 Å². The lowest BCUT2D eigenvalue weighted by Crippen LogP contribution is -2.60. The zero-order valence-electron chi connectivity index (χ0n) is 23.8. The summed E-state index contributed by atoms with van der Waals surface area (Å²) in [6.45, 7) is 4.99. The molecule has 0 aliphatic carbocycles. The zero-order chi connectivity index (χ0) is 31.0. The van der Waals surface area contributed by atoms with E-state index in [0.29, 0.717) is 11.1 Å². The Hall–Kier alpha value is -4.42. The van der Waals surface area contributed by atoms with Crippen LogP contribution in [0.3, 0.4) is 0 Å². The summed E-state index contributed by atoms with van der Waals surface area (Å²) in [5.74, 6) is -3.45. The molecule has 0 saturated heterocycles. The van der Waals surface area contributed by atoms with Gasteiger partial charge >= 0.3 is 5.97 Å². The molecule has 3 amide bonds. The SMILES string of the molecule is CC(C)CC(NC(=O)C(NC(=O)C(N)Cc1ccc(O)cc1)C(C)O)C(=O)NC(Cc1c[nH]c2ccccc12)C(=O)O. The summed E-state index contributed by atoms with van der Waals surface area (Å²) >= 11 is 0. The Morgan fingerprint density at radius 3 is 2.12 bits per heavy atom. The highest BCUT2D eigenvalue weighted by Crippen LogP contribution is 2.19. The van der Waals surface area contributed by atoms with Gasteiger partial charge in [-0.25, -0.2) is 4.79 Å². The first-order valence-electron chi connectivity index (χ1n) is 13.8. The van der Waals surface area contributed by atoms with E-state index >= 15 is 0 Å². The molecule has 0 fully saturated rings. The number of phenolic OH excluding ortho intramolecular Hbond substituents is 1. The number of hydrogen-bond donors (Lipinski definition) is 8. The number of aliphatic hydroxyl groups is 1.